The lowest BCUT2D eigenvalue weighted by atomic mass is 10.2. The summed E-state index contributed by atoms with van der Waals surface area (Å²) in [5.74, 6) is -0.387. The molecule has 0 aliphatic carbocycles. The summed E-state index contributed by atoms with van der Waals surface area (Å²) in [6, 6.07) is 11.2. The lowest BCUT2D eigenvalue weighted by Crippen LogP contribution is -2.15. The SMILES string of the molecule is Cc1nc(/C=C/C(=O)Nc2ccc(C)c(S(=O)(=O)Nc3ccccc3Cl)c2)cs1. The van der Waals surface area contributed by atoms with Gasteiger partial charge in [-0.05, 0) is 49.8 Å². The summed E-state index contributed by atoms with van der Waals surface area (Å²) in [7, 11) is -3.89. The zero-order chi connectivity index (χ0) is 21.0. The quantitative estimate of drug-likeness (QED) is 0.528. The van der Waals surface area contributed by atoms with Crippen LogP contribution < -0.4 is 10.0 Å². The van der Waals surface area contributed by atoms with Crippen LogP contribution in [0.4, 0.5) is 11.4 Å². The minimum Gasteiger partial charge on any atom is -0.322 e. The molecular formula is C20H18ClN3O3S2. The third kappa shape index (κ3) is 5.44. The molecule has 0 aliphatic rings. The van der Waals surface area contributed by atoms with Crippen LogP contribution in [0.5, 0.6) is 0 Å². The first-order chi connectivity index (χ1) is 13.7. The maximum absolute atomic E-state index is 12.8. The number of nitrogens with one attached hydrogen (secondary N) is 2. The Bertz CT molecular complexity index is 1190. The molecule has 150 valence electrons. The van der Waals surface area contributed by atoms with Gasteiger partial charge in [0.1, 0.15) is 0 Å². The summed E-state index contributed by atoms with van der Waals surface area (Å²) < 4.78 is 28.1. The normalized spacial score (nSPS) is 11.6. The van der Waals surface area contributed by atoms with Gasteiger partial charge in [0.2, 0.25) is 5.91 Å². The fraction of sp³-hybridized carbons (Fsp3) is 0.100. The summed E-state index contributed by atoms with van der Waals surface area (Å²) in [5, 5.41) is 5.71. The van der Waals surface area contributed by atoms with Gasteiger partial charge in [-0.2, -0.15) is 0 Å². The molecule has 0 fully saturated rings. The van der Waals surface area contributed by atoms with Crippen LogP contribution in [-0.4, -0.2) is 19.3 Å². The maximum atomic E-state index is 12.8. The molecule has 0 radical (unpaired) electrons. The smallest absolute Gasteiger partial charge is 0.262 e. The molecule has 29 heavy (non-hydrogen) atoms. The lowest BCUT2D eigenvalue weighted by molar-refractivity contribution is -0.111. The molecule has 3 aromatic rings. The molecule has 0 unspecified atom stereocenters. The van der Waals surface area contributed by atoms with Gasteiger partial charge in [0.25, 0.3) is 10.0 Å². The minimum atomic E-state index is -3.89. The number of sulfonamides is 1. The van der Waals surface area contributed by atoms with Crippen molar-refractivity contribution < 1.29 is 13.2 Å². The molecule has 3 rings (SSSR count). The van der Waals surface area contributed by atoms with Crippen molar-refractivity contribution in [3.8, 4) is 0 Å². The second kappa shape index (κ2) is 8.77. The second-order valence-electron chi connectivity index (χ2n) is 6.18. The highest BCUT2D eigenvalue weighted by molar-refractivity contribution is 7.92. The Morgan fingerprint density at radius 1 is 1.17 bits per heavy atom. The van der Waals surface area contributed by atoms with Crippen LogP contribution in [0.25, 0.3) is 6.08 Å². The van der Waals surface area contributed by atoms with Crippen molar-refractivity contribution in [2.45, 2.75) is 18.7 Å². The Kier molecular flexibility index (Phi) is 6.36. The average Bonchev–Trinajstić information content (AvgIpc) is 3.08. The number of amides is 1. The first-order valence-corrected chi connectivity index (χ1v) is 11.3. The van der Waals surface area contributed by atoms with Crippen LogP contribution in [0, 0.1) is 13.8 Å². The molecule has 0 saturated heterocycles. The summed E-state index contributed by atoms with van der Waals surface area (Å²) in [6.45, 7) is 3.56. The predicted molar refractivity (Wildman–Crippen MR) is 118 cm³/mol. The highest BCUT2D eigenvalue weighted by Crippen LogP contribution is 2.26. The number of anilines is 2. The summed E-state index contributed by atoms with van der Waals surface area (Å²) in [4.78, 5) is 16.5. The van der Waals surface area contributed by atoms with E-state index in [9.17, 15) is 13.2 Å². The molecule has 0 saturated carbocycles. The minimum absolute atomic E-state index is 0.0503. The van der Waals surface area contributed by atoms with E-state index >= 15 is 0 Å². The number of benzene rings is 2. The maximum Gasteiger partial charge on any atom is 0.262 e. The monoisotopic (exact) mass is 447 g/mol. The van der Waals surface area contributed by atoms with Crippen molar-refractivity contribution in [1.29, 1.82) is 0 Å². The third-order valence-corrected chi connectivity index (χ3v) is 6.53. The van der Waals surface area contributed by atoms with Gasteiger partial charge < -0.3 is 5.32 Å². The molecule has 1 heterocycles. The summed E-state index contributed by atoms with van der Waals surface area (Å²) >= 11 is 7.54. The van der Waals surface area contributed by atoms with Gasteiger partial charge in [0.15, 0.2) is 0 Å². The molecule has 1 amide bonds. The molecule has 0 aliphatic heterocycles. The van der Waals surface area contributed by atoms with E-state index in [1.165, 1.54) is 23.5 Å². The van der Waals surface area contributed by atoms with Crippen molar-refractivity contribution in [1.82, 2.24) is 4.98 Å². The second-order valence-corrected chi connectivity index (χ2v) is 9.30. The first kappa shape index (κ1) is 21.0. The zero-order valence-electron chi connectivity index (χ0n) is 15.6. The Labute approximate surface area is 178 Å². The Balaban J connectivity index is 1.79. The lowest BCUT2D eigenvalue weighted by Gasteiger charge is -2.13. The number of carbonyl (C=O) groups excluding carboxylic acids is 1. The summed E-state index contributed by atoms with van der Waals surface area (Å²) in [5.41, 5.74) is 1.87. The number of thiazole rings is 1. The van der Waals surface area contributed by atoms with E-state index in [0.29, 0.717) is 22.0 Å². The van der Waals surface area contributed by atoms with Crippen LogP contribution in [0.3, 0.4) is 0 Å². The van der Waals surface area contributed by atoms with Crippen LogP contribution in [-0.2, 0) is 14.8 Å². The first-order valence-electron chi connectivity index (χ1n) is 8.54. The number of carbonyl (C=O) groups is 1. The van der Waals surface area contributed by atoms with E-state index in [4.69, 9.17) is 11.6 Å². The Morgan fingerprint density at radius 3 is 2.62 bits per heavy atom. The Hall–Kier alpha value is -2.68. The summed E-state index contributed by atoms with van der Waals surface area (Å²) in [6.07, 6.45) is 2.95. The number of hydrogen-bond acceptors (Lipinski definition) is 5. The molecule has 9 heteroatoms. The zero-order valence-corrected chi connectivity index (χ0v) is 18.0. The Morgan fingerprint density at radius 2 is 1.93 bits per heavy atom. The van der Waals surface area contributed by atoms with Gasteiger partial charge in [0.05, 0.1) is 26.3 Å². The molecule has 6 nitrogen and oxygen atoms in total. The fourth-order valence-electron chi connectivity index (χ4n) is 2.51. The van der Waals surface area contributed by atoms with E-state index in [2.05, 4.69) is 15.0 Å². The van der Waals surface area contributed by atoms with E-state index in [0.717, 1.165) is 5.01 Å². The standard InChI is InChI=1S/C20H18ClN3O3S2/c1-13-7-8-15(23-20(25)10-9-16-12-28-14(2)22-16)11-19(13)29(26,27)24-18-6-4-3-5-17(18)21/h3-12,24H,1-2H3,(H,23,25)/b10-9+. The number of nitrogens with zero attached hydrogens (tertiary/aromatic N) is 1. The van der Waals surface area contributed by atoms with Gasteiger partial charge in [0, 0.05) is 17.1 Å². The van der Waals surface area contributed by atoms with Gasteiger partial charge in [-0.15, -0.1) is 11.3 Å². The van der Waals surface area contributed by atoms with Crippen LogP contribution >= 0.6 is 22.9 Å². The molecule has 2 aromatic carbocycles. The number of rotatable bonds is 6. The average molecular weight is 448 g/mol. The molecule has 2 N–H and O–H groups in total. The van der Waals surface area contributed by atoms with Crippen molar-refractivity contribution in [2.75, 3.05) is 10.0 Å². The molecular weight excluding hydrogens is 430 g/mol. The van der Waals surface area contributed by atoms with Gasteiger partial charge in [-0.25, -0.2) is 13.4 Å². The number of para-hydroxylation sites is 1. The largest absolute Gasteiger partial charge is 0.322 e. The van der Waals surface area contributed by atoms with E-state index in [1.54, 1.807) is 49.4 Å². The number of halogens is 1. The van der Waals surface area contributed by atoms with E-state index < -0.39 is 10.0 Å². The van der Waals surface area contributed by atoms with E-state index in [-0.39, 0.29) is 16.5 Å². The van der Waals surface area contributed by atoms with Crippen molar-refractivity contribution in [2.24, 2.45) is 0 Å². The number of hydrogen-bond donors (Lipinski definition) is 2. The highest BCUT2D eigenvalue weighted by Gasteiger charge is 2.19. The predicted octanol–water partition coefficient (Wildman–Crippen LogP) is 4.87. The molecule has 1 aromatic heterocycles. The van der Waals surface area contributed by atoms with Crippen LogP contribution in [0.2, 0.25) is 5.02 Å². The van der Waals surface area contributed by atoms with Crippen LogP contribution in [0.15, 0.2) is 58.8 Å². The van der Waals surface area contributed by atoms with E-state index in [1.807, 2.05) is 12.3 Å². The van der Waals surface area contributed by atoms with Gasteiger partial charge in [-0.1, -0.05) is 29.8 Å². The topological polar surface area (TPSA) is 88.2 Å². The highest BCUT2D eigenvalue weighted by atomic mass is 35.5. The van der Waals surface area contributed by atoms with Crippen molar-refractivity contribution >= 4 is 56.3 Å². The van der Waals surface area contributed by atoms with Crippen molar-refractivity contribution in [3.05, 3.63) is 75.2 Å². The van der Waals surface area contributed by atoms with Crippen molar-refractivity contribution in [3.63, 3.8) is 0 Å². The van der Waals surface area contributed by atoms with Crippen LogP contribution in [0.1, 0.15) is 16.3 Å². The third-order valence-electron chi connectivity index (χ3n) is 3.91. The van der Waals surface area contributed by atoms with Gasteiger partial charge in [-0.3, -0.25) is 9.52 Å². The molecule has 0 bridgehead atoms. The number of aromatic nitrogens is 1. The fourth-order valence-corrected chi connectivity index (χ4v) is 4.68. The number of aryl methyl sites for hydroxylation is 2. The molecule has 0 atom stereocenters. The van der Waals surface area contributed by atoms with Gasteiger partial charge >= 0.3 is 0 Å². The molecule has 0 spiro atoms.